The molecule has 0 unspecified atom stereocenters. The number of fused-ring (bicyclic) bond motifs is 1. The zero-order valence-corrected chi connectivity index (χ0v) is 15.6. The molecule has 150 valence electrons. The quantitative estimate of drug-likeness (QED) is 0.464. The number of cyclic esters (lactones) is 1. The van der Waals surface area contributed by atoms with Crippen molar-refractivity contribution in [3.05, 3.63) is 47.6 Å². The smallest absolute Gasteiger partial charge is 0.346 e. The highest BCUT2D eigenvalue weighted by Crippen LogP contribution is 2.29. The number of rotatable bonds is 3. The minimum Gasteiger partial charge on any atom is -0.508 e. The van der Waals surface area contributed by atoms with Gasteiger partial charge in [0, 0.05) is 12.5 Å². The van der Waals surface area contributed by atoms with Gasteiger partial charge in [-0.2, -0.15) is 0 Å². The number of carbonyl (C=O) groups excluding carboxylic acids is 2. The minimum atomic E-state index is -0.697. The van der Waals surface area contributed by atoms with E-state index in [0.29, 0.717) is 17.7 Å². The Labute approximate surface area is 162 Å². The molecule has 0 bridgehead atoms. The summed E-state index contributed by atoms with van der Waals surface area (Å²) < 4.78 is 9.71. The second-order valence-corrected chi connectivity index (χ2v) is 5.98. The molecule has 0 radical (unpaired) electrons. The zero-order chi connectivity index (χ0) is 20.4. The monoisotopic (exact) mass is 389 g/mol. The van der Waals surface area contributed by atoms with Crippen molar-refractivity contribution >= 4 is 17.7 Å². The third-order valence-electron chi connectivity index (χ3n) is 3.85. The minimum absolute atomic E-state index is 0.0482. The molecule has 0 aliphatic carbocycles. The van der Waals surface area contributed by atoms with E-state index in [0.717, 1.165) is 18.9 Å². The maximum Gasteiger partial charge on any atom is 0.346 e. The van der Waals surface area contributed by atoms with Gasteiger partial charge in [0.1, 0.15) is 17.1 Å². The number of ether oxygens (including phenoxy) is 2. The Morgan fingerprint density at radius 2 is 1.93 bits per heavy atom. The Balaban J connectivity index is 2.36. The molecule has 1 aliphatic rings. The summed E-state index contributed by atoms with van der Waals surface area (Å²) in [5.41, 5.74) is 0.664. The van der Waals surface area contributed by atoms with E-state index in [2.05, 4.69) is 9.89 Å². The summed E-state index contributed by atoms with van der Waals surface area (Å²) in [5.74, 6) is -1.87. The standard InChI is InChI=1S/C20H23NO7/c1-26-18(24)13-28-21-15-8-6-4-2-3-5-7-9-27-20(25)19-14(10-15)11-16(22)12-17(19)23/h3,5-6,8,11-12,22-23H,2,4,7,9-10,13H2,1H3. The van der Waals surface area contributed by atoms with Crippen LogP contribution in [0.3, 0.4) is 0 Å². The van der Waals surface area contributed by atoms with Gasteiger partial charge >= 0.3 is 11.9 Å². The normalized spacial score (nSPS) is 16.8. The van der Waals surface area contributed by atoms with E-state index in [1.807, 2.05) is 18.2 Å². The Hall–Kier alpha value is -3.29. The van der Waals surface area contributed by atoms with Gasteiger partial charge in [0.2, 0.25) is 6.61 Å². The first kappa shape index (κ1) is 21.0. The summed E-state index contributed by atoms with van der Waals surface area (Å²) >= 11 is 0. The van der Waals surface area contributed by atoms with Crippen molar-refractivity contribution in [2.45, 2.75) is 25.7 Å². The summed E-state index contributed by atoms with van der Waals surface area (Å²) in [6.07, 6.45) is 9.68. The summed E-state index contributed by atoms with van der Waals surface area (Å²) in [4.78, 5) is 28.6. The molecule has 0 saturated heterocycles. The summed E-state index contributed by atoms with van der Waals surface area (Å²) in [6, 6.07) is 2.43. The van der Waals surface area contributed by atoms with Crippen LogP contribution in [-0.2, 0) is 25.5 Å². The lowest BCUT2D eigenvalue weighted by atomic mass is 10.00. The lowest BCUT2D eigenvalue weighted by molar-refractivity contribution is -0.145. The first-order chi connectivity index (χ1) is 13.5. The molecule has 28 heavy (non-hydrogen) atoms. The Bertz CT molecular complexity index is 796. The third-order valence-corrected chi connectivity index (χ3v) is 3.85. The molecular formula is C20H23NO7. The molecule has 1 aromatic carbocycles. The number of methoxy groups -OCH3 is 1. The van der Waals surface area contributed by atoms with Gasteiger partial charge in [-0.15, -0.1) is 0 Å². The molecule has 1 aliphatic heterocycles. The molecule has 0 atom stereocenters. The third kappa shape index (κ3) is 6.46. The maximum absolute atomic E-state index is 12.4. The molecule has 0 saturated carbocycles. The average Bonchev–Trinajstić information content (AvgIpc) is 2.65. The molecule has 2 rings (SSSR count). The van der Waals surface area contributed by atoms with Crippen LogP contribution in [0.4, 0.5) is 0 Å². The topological polar surface area (TPSA) is 115 Å². The van der Waals surface area contributed by atoms with E-state index in [-0.39, 0.29) is 36.7 Å². The molecule has 2 N–H and O–H groups in total. The van der Waals surface area contributed by atoms with Gasteiger partial charge in [-0.1, -0.05) is 23.4 Å². The van der Waals surface area contributed by atoms with Crippen LogP contribution in [0.5, 0.6) is 11.5 Å². The maximum atomic E-state index is 12.4. The number of phenols is 2. The van der Waals surface area contributed by atoms with Crippen LogP contribution in [0.25, 0.3) is 0 Å². The molecule has 1 aromatic rings. The van der Waals surface area contributed by atoms with E-state index in [1.54, 1.807) is 6.08 Å². The van der Waals surface area contributed by atoms with Gasteiger partial charge in [0.25, 0.3) is 0 Å². The molecule has 8 heteroatoms. The molecule has 1 heterocycles. The van der Waals surface area contributed by atoms with E-state index in [4.69, 9.17) is 9.57 Å². The highest BCUT2D eigenvalue weighted by Gasteiger charge is 2.20. The van der Waals surface area contributed by atoms with Crippen LogP contribution in [0.15, 0.2) is 41.6 Å². The number of benzene rings is 1. The number of phenolic OH excluding ortho intramolecular Hbond substituents is 2. The average molecular weight is 389 g/mol. The van der Waals surface area contributed by atoms with Crippen molar-refractivity contribution in [3.8, 4) is 11.5 Å². The number of oxime groups is 1. The summed E-state index contributed by atoms with van der Waals surface area (Å²) in [5, 5.41) is 23.9. The zero-order valence-electron chi connectivity index (χ0n) is 15.6. The predicted octanol–water partition coefficient (Wildman–Crippen LogP) is 2.64. The van der Waals surface area contributed by atoms with Gasteiger partial charge in [-0.3, -0.25) is 0 Å². The number of allylic oxidation sites excluding steroid dienone is 3. The van der Waals surface area contributed by atoms with Crippen molar-refractivity contribution in [2.75, 3.05) is 20.3 Å². The number of hydrogen-bond donors (Lipinski definition) is 2. The fraction of sp³-hybridized carbons (Fsp3) is 0.350. The SMILES string of the molecule is COC(=O)CON=C1C=CCCC=CCCOC(=O)c2c(O)cc(O)cc2C1. The fourth-order valence-corrected chi connectivity index (χ4v) is 2.53. The molecule has 0 fully saturated rings. The van der Waals surface area contributed by atoms with Crippen molar-refractivity contribution in [2.24, 2.45) is 5.16 Å². The van der Waals surface area contributed by atoms with Crippen molar-refractivity contribution < 1.29 is 34.1 Å². The van der Waals surface area contributed by atoms with Crippen LogP contribution < -0.4 is 0 Å². The Morgan fingerprint density at radius 3 is 2.71 bits per heavy atom. The van der Waals surface area contributed by atoms with Gasteiger partial charge in [0.15, 0.2) is 0 Å². The first-order valence-electron chi connectivity index (χ1n) is 8.80. The molecule has 0 aromatic heterocycles. The number of carbonyl (C=O) groups is 2. The summed E-state index contributed by atoms with van der Waals surface area (Å²) in [7, 11) is 1.24. The van der Waals surface area contributed by atoms with E-state index in [1.165, 1.54) is 13.2 Å². The number of aromatic hydroxyl groups is 2. The lowest BCUT2D eigenvalue weighted by Crippen LogP contribution is -2.13. The van der Waals surface area contributed by atoms with Crippen LogP contribution in [-0.4, -0.2) is 48.2 Å². The van der Waals surface area contributed by atoms with Gasteiger partial charge in [-0.05, 0) is 37.0 Å². The molecule has 8 nitrogen and oxygen atoms in total. The first-order valence-corrected chi connectivity index (χ1v) is 8.80. The van der Waals surface area contributed by atoms with Crippen LogP contribution in [0.1, 0.15) is 35.2 Å². The van der Waals surface area contributed by atoms with E-state index >= 15 is 0 Å². The number of nitrogens with zero attached hydrogens (tertiary/aromatic N) is 1. The van der Waals surface area contributed by atoms with E-state index in [9.17, 15) is 19.8 Å². The lowest BCUT2D eigenvalue weighted by Gasteiger charge is -2.12. The molecular weight excluding hydrogens is 366 g/mol. The van der Waals surface area contributed by atoms with Crippen molar-refractivity contribution in [1.82, 2.24) is 0 Å². The van der Waals surface area contributed by atoms with Crippen LogP contribution >= 0.6 is 0 Å². The van der Waals surface area contributed by atoms with Crippen molar-refractivity contribution in [3.63, 3.8) is 0 Å². The highest BCUT2D eigenvalue weighted by atomic mass is 16.6. The Kier molecular flexibility index (Phi) is 8.08. The van der Waals surface area contributed by atoms with Gasteiger partial charge in [-0.25, -0.2) is 9.59 Å². The largest absolute Gasteiger partial charge is 0.508 e. The predicted molar refractivity (Wildman–Crippen MR) is 101 cm³/mol. The second kappa shape index (κ2) is 10.8. The molecule has 0 spiro atoms. The molecule has 0 amide bonds. The van der Waals surface area contributed by atoms with Crippen LogP contribution in [0.2, 0.25) is 0 Å². The van der Waals surface area contributed by atoms with Gasteiger partial charge < -0.3 is 24.5 Å². The second-order valence-electron chi connectivity index (χ2n) is 5.98. The Morgan fingerprint density at radius 1 is 1.18 bits per heavy atom. The van der Waals surface area contributed by atoms with Crippen molar-refractivity contribution in [1.29, 1.82) is 0 Å². The van der Waals surface area contributed by atoms with Gasteiger partial charge in [0.05, 0.1) is 19.4 Å². The van der Waals surface area contributed by atoms with Crippen LogP contribution in [0, 0.1) is 0 Å². The fourth-order valence-electron chi connectivity index (χ4n) is 2.53. The number of hydrogen-bond acceptors (Lipinski definition) is 8. The summed E-state index contributed by atoms with van der Waals surface area (Å²) in [6.45, 7) is -0.190. The number of esters is 2. The highest BCUT2D eigenvalue weighted by molar-refractivity contribution is 6.00. The van der Waals surface area contributed by atoms with E-state index < -0.39 is 11.9 Å².